The second kappa shape index (κ2) is 8.55. The van der Waals surface area contributed by atoms with Crippen LogP contribution in [0, 0.1) is 0 Å². The van der Waals surface area contributed by atoms with E-state index in [0.29, 0.717) is 12.4 Å². The molecule has 0 radical (unpaired) electrons. The van der Waals surface area contributed by atoms with Crippen molar-refractivity contribution in [2.75, 3.05) is 13.7 Å². The van der Waals surface area contributed by atoms with Gasteiger partial charge in [-0.2, -0.15) is 0 Å². The zero-order valence-corrected chi connectivity index (χ0v) is 13.4. The van der Waals surface area contributed by atoms with E-state index in [0.717, 1.165) is 30.4 Å². The van der Waals surface area contributed by atoms with E-state index in [4.69, 9.17) is 9.47 Å². The van der Waals surface area contributed by atoms with E-state index in [9.17, 15) is 9.90 Å². The average Bonchev–Trinajstić information content (AvgIpc) is 2.44. The number of carbonyl (C=O) groups excluding carboxylic acids is 1. The minimum absolute atomic E-state index is 0.0984. The maximum Gasteiger partial charge on any atom is 0.310 e. The predicted molar refractivity (Wildman–Crippen MR) is 82.9 cm³/mol. The summed E-state index contributed by atoms with van der Waals surface area (Å²) in [6, 6.07) is 3.32. The van der Waals surface area contributed by atoms with Gasteiger partial charge in [0.05, 0.1) is 20.1 Å². The summed E-state index contributed by atoms with van der Waals surface area (Å²) in [5.41, 5.74) is 1.71. The first-order valence-corrected chi connectivity index (χ1v) is 7.55. The molecule has 1 N–H and O–H groups in total. The van der Waals surface area contributed by atoms with Crippen LogP contribution in [0.3, 0.4) is 0 Å². The second-order valence-corrected chi connectivity index (χ2v) is 5.45. The fourth-order valence-electron chi connectivity index (χ4n) is 2.38. The van der Waals surface area contributed by atoms with Crippen LogP contribution in [-0.4, -0.2) is 24.8 Å². The summed E-state index contributed by atoms with van der Waals surface area (Å²) in [7, 11) is 1.52. The van der Waals surface area contributed by atoms with E-state index in [1.54, 1.807) is 12.1 Å². The molecule has 0 aliphatic rings. The smallest absolute Gasteiger partial charge is 0.310 e. The van der Waals surface area contributed by atoms with Crippen LogP contribution in [0.1, 0.15) is 57.1 Å². The molecule has 4 heteroatoms. The van der Waals surface area contributed by atoms with Crippen molar-refractivity contribution in [3.05, 3.63) is 23.3 Å². The van der Waals surface area contributed by atoms with E-state index >= 15 is 0 Å². The van der Waals surface area contributed by atoms with E-state index in [1.165, 1.54) is 7.11 Å². The molecule has 4 nitrogen and oxygen atoms in total. The molecule has 0 aliphatic carbocycles. The molecule has 0 heterocycles. The summed E-state index contributed by atoms with van der Waals surface area (Å²) in [4.78, 5) is 11.9. The number of phenolic OH excluding ortho intramolecular Hbond substituents is 1. The van der Waals surface area contributed by atoms with Gasteiger partial charge in [-0.25, -0.2) is 0 Å². The SMILES string of the molecule is CCCCCOC(=O)Cc1ccc(O)c(OC)c1C(C)C. The summed E-state index contributed by atoms with van der Waals surface area (Å²) in [6.07, 6.45) is 3.27. The number of aromatic hydroxyl groups is 1. The lowest BCUT2D eigenvalue weighted by Crippen LogP contribution is -2.11. The molecule has 0 fully saturated rings. The molecule has 0 atom stereocenters. The quantitative estimate of drug-likeness (QED) is 0.585. The number of hydrogen-bond acceptors (Lipinski definition) is 4. The number of methoxy groups -OCH3 is 1. The highest BCUT2D eigenvalue weighted by Gasteiger charge is 2.19. The number of phenols is 1. The molecular formula is C17H26O4. The Balaban J connectivity index is 2.81. The van der Waals surface area contributed by atoms with Crippen LogP contribution in [0.5, 0.6) is 11.5 Å². The topological polar surface area (TPSA) is 55.8 Å². The van der Waals surface area contributed by atoms with Crippen molar-refractivity contribution >= 4 is 5.97 Å². The Morgan fingerprint density at radius 3 is 2.57 bits per heavy atom. The largest absolute Gasteiger partial charge is 0.504 e. The minimum Gasteiger partial charge on any atom is -0.504 e. The molecule has 21 heavy (non-hydrogen) atoms. The van der Waals surface area contributed by atoms with Gasteiger partial charge >= 0.3 is 5.97 Å². The third-order valence-corrected chi connectivity index (χ3v) is 3.39. The van der Waals surface area contributed by atoms with Gasteiger partial charge in [-0.15, -0.1) is 0 Å². The van der Waals surface area contributed by atoms with Crippen molar-refractivity contribution < 1.29 is 19.4 Å². The molecule has 118 valence electrons. The fourth-order valence-corrected chi connectivity index (χ4v) is 2.38. The first-order chi connectivity index (χ1) is 10.0. The standard InChI is InChI=1S/C17H26O4/c1-5-6-7-10-21-15(19)11-13-8-9-14(18)17(20-4)16(13)12(2)3/h8-9,12,18H,5-7,10-11H2,1-4H3. The summed E-state index contributed by atoms with van der Waals surface area (Å²) >= 11 is 0. The minimum atomic E-state index is -0.235. The van der Waals surface area contributed by atoms with Gasteiger partial charge in [-0.1, -0.05) is 39.7 Å². The number of rotatable bonds is 8. The third-order valence-electron chi connectivity index (χ3n) is 3.39. The van der Waals surface area contributed by atoms with Crippen LogP contribution in [-0.2, 0) is 16.0 Å². The van der Waals surface area contributed by atoms with Gasteiger partial charge in [0.2, 0.25) is 0 Å². The maximum absolute atomic E-state index is 11.9. The van der Waals surface area contributed by atoms with Crippen molar-refractivity contribution in [2.45, 2.75) is 52.4 Å². The lowest BCUT2D eigenvalue weighted by Gasteiger charge is -2.17. The van der Waals surface area contributed by atoms with E-state index in [-0.39, 0.29) is 24.1 Å². The number of ether oxygens (including phenoxy) is 2. The van der Waals surface area contributed by atoms with Gasteiger partial charge < -0.3 is 14.6 Å². The predicted octanol–water partition coefficient (Wildman–Crippen LogP) is 3.80. The van der Waals surface area contributed by atoms with E-state index in [2.05, 4.69) is 6.92 Å². The maximum atomic E-state index is 11.9. The fraction of sp³-hybridized carbons (Fsp3) is 0.588. The van der Waals surface area contributed by atoms with Gasteiger partial charge in [-0.05, 0) is 24.0 Å². The van der Waals surface area contributed by atoms with Crippen molar-refractivity contribution in [1.29, 1.82) is 0 Å². The number of hydrogen-bond donors (Lipinski definition) is 1. The van der Waals surface area contributed by atoms with Crippen LogP contribution in [0.15, 0.2) is 12.1 Å². The molecule has 0 spiro atoms. The highest BCUT2D eigenvalue weighted by Crippen LogP contribution is 2.37. The van der Waals surface area contributed by atoms with Crippen LogP contribution < -0.4 is 4.74 Å². The Morgan fingerprint density at radius 1 is 1.29 bits per heavy atom. The molecule has 0 saturated heterocycles. The molecule has 1 rings (SSSR count). The summed E-state index contributed by atoms with van der Waals surface area (Å²) in [6.45, 7) is 6.60. The third kappa shape index (κ3) is 4.96. The lowest BCUT2D eigenvalue weighted by atomic mass is 9.94. The highest BCUT2D eigenvalue weighted by molar-refractivity contribution is 5.74. The summed E-state index contributed by atoms with van der Waals surface area (Å²) in [5, 5.41) is 9.86. The van der Waals surface area contributed by atoms with Gasteiger partial charge in [0.25, 0.3) is 0 Å². The number of carbonyl (C=O) groups is 1. The van der Waals surface area contributed by atoms with Crippen molar-refractivity contribution in [3.8, 4) is 11.5 Å². The zero-order valence-electron chi connectivity index (χ0n) is 13.4. The van der Waals surface area contributed by atoms with E-state index < -0.39 is 0 Å². The first kappa shape index (κ1) is 17.3. The molecule has 0 unspecified atom stereocenters. The molecule has 0 saturated carbocycles. The first-order valence-electron chi connectivity index (χ1n) is 7.55. The average molecular weight is 294 g/mol. The lowest BCUT2D eigenvalue weighted by molar-refractivity contribution is -0.142. The van der Waals surface area contributed by atoms with Gasteiger partial charge in [0.15, 0.2) is 11.5 Å². The molecule has 0 aromatic heterocycles. The summed E-state index contributed by atoms with van der Waals surface area (Å²) < 4.78 is 10.5. The molecule has 0 aliphatic heterocycles. The Bertz CT molecular complexity index is 466. The van der Waals surface area contributed by atoms with Gasteiger partial charge in [0, 0.05) is 5.56 Å². The van der Waals surface area contributed by atoms with E-state index in [1.807, 2.05) is 13.8 Å². The van der Waals surface area contributed by atoms with Gasteiger partial charge in [-0.3, -0.25) is 4.79 Å². The Kier molecular flexibility index (Phi) is 7.06. The Labute approximate surface area is 127 Å². The molecular weight excluding hydrogens is 268 g/mol. The Morgan fingerprint density at radius 2 is 2.00 bits per heavy atom. The molecule has 0 bridgehead atoms. The van der Waals surface area contributed by atoms with Crippen LogP contribution in [0.4, 0.5) is 0 Å². The van der Waals surface area contributed by atoms with Crippen molar-refractivity contribution in [2.24, 2.45) is 0 Å². The second-order valence-electron chi connectivity index (χ2n) is 5.45. The molecule has 1 aromatic carbocycles. The number of esters is 1. The summed E-state index contributed by atoms with van der Waals surface area (Å²) in [5.74, 6) is 0.457. The van der Waals surface area contributed by atoms with Crippen LogP contribution >= 0.6 is 0 Å². The van der Waals surface area contributed by atoms with Gasteiger partial charge in [0.1, 0.15) is 0 Å². The number of unbranched alkanes of at least 4 members (excludes halogenated alkanes) is 2. The van der Waals surface area contributed by atoms with Crippen molar-refractivity contribution in [3.63, 3.8) is 0 Å². The zero-order chi connectivity index (χ0) is 15.8. The van der Waals surface area contributed by atoms with Crippen molar-refractivity contribution in [1.82, 2.24) is 0 Å². The van der Waals surface area contributed by atoms with Crippen LogP contribution in [0.2, 0.25) is 0 Å². The Hall–Kier alpha value is -1.71. The normalized spacial score (nSPS) is 10.7. The monoisotopic (exact) mass is 294 g/mol. The molecule has 0 amide bonds. The number of benzene rings is 1. The highest BCUT2D eigenvalue weighted by atomic mass is 16.5. The van der Waals surface area contributed by atoms with Crippen LogP contribution in [0.25, 0.3) is 0 Å². The molecule has 1 aromatic rings.